The van der Waals surface area contributed by atoms with Gasteiger partial charge in [0.1, 0.15) is 12.3 Å². The highest BCUT2D eigenvalue weighted by Crippen LogP contribution is 2.35. The van der Waals surface area contributed by atoms with Gasteiger partial charge in [-0.3, -0.25) is 9.10 Å². The summed E-state index contributed by atoms with van der Waals surface area (Å²) in [6, 6.07) is 5.14. The molecule has 1 fully saturated rings. The van der Waals surface area contributed by atoms with Crippen LogP contribution in [0.2, 0.25) is 10.0 Å². The highest BCUT2D eigenvalue weighted by molar-refractivity contribution is 7.92. The third-order valence-electron chi connectivity index (χ3n) is 5.17. The minimum absolute atomic E-state index is 0.0336. The van der Waals surface area contributed by atoms with E-state index in [0.29, 0.717) is 12.8 Å². The summed E-state index contributed by atoms with van der Waals surface area (Å²) >= 11 is 11.9. The third kappa shape index (κ3) is 3.94. The van der Waals surface area contributed by atoms with Crippen LogP contribution in [0.4, 0.5) is 5.69 Å². The number of carbonyl (C=O) groups excluding carboxylic acids is 1. The van der Waals surface area contributed by atoms with E-state index in [1.54, 1.807) is 0 Å². The van der Waals surface area contributed by atoms with E-state index in [-0.39, 0.29) is 51.3 Å². The number of aromatic nitrogens is 1. The van der Waals surface area contributed by atoms with Gasteiger partial charge in [-0.1, -0.05) is 23.2 Å². The number of hydrogen-bond donors (Lipinski definition) is 2. The van der Waals surface area contributed by atoms with Crippen LogP contribution in [-0.2, 0) is 10.0 Å². The van der Waals surface area contributed by atoms with Gasteiger partial charge in [0.2, 0.25) is 5.88 Å². The Morgan fingerprint density at radius 3 is 2.73 bits per heavy atom. The number of halogens is 2. The molecule has 1 aromatic heterocycles. The van der Waals surface area contributed by atoms with Crippen LogP contribution in [0.5, 0.6) is 5.88 Å². The number of aliphatic hydroxyl groups excluding tert-OH is 1. The van der Waals surface area contributed by atoms with Crippen molar-refractivity contribution in [2.75, 3.05) is 17.5 Å². The first-order valence-electron chi connectivity index (χ1n) is 9.37. The number of benzene rings is 1. The maximum absolute atomic E-state index is 13.2. The molecule has 160 valence electrons. The average Bonchev–Trinajstić information content (AvgIpc) is 3.13. The van der Waals surface area contributed by atoms with E-state index in [0.717, 1.165) is 10.7 Å². The molecule has 1 saturated carbocycles. The quantitative estimate of drug-likeness (QED) is 0.709. The molecule has 2 atom stereocenters. The number of anilines is 1. The van der Waals surface area contributed by atoms with Crippen LogP contribution in [0.15, 0.2) is 35.4 Å². The molecule has 1 aliphatic heterocycles. The van der Waals surface area contributed by atoms with Crippen LogP contribution in [-0.4, -0.2) is 49.7 Å². The zero-order valence-corrected chi connectivity index (χ0v) is 18.0. The molecule has 0 unspecified atom stereocenters. The predicted molar refractivity (Wildman–Crippen MR) is 112 cm³/mol. The summed E-state index contributed by atoms with van der Waals surface area (Å²) in [5.41, 5.74) is 0.333. The average molecular weight is 472 g/mol. The Balaban J connectivity index is 1.66. The highest BCUT2D eigenvalue weighted by atomic mass is 35.5. The lowest BCUT2D eigenvalue weighted by Gasteiger charge is -2.30. The van der Waals surface area contributed by atoms with Crippen molar-refractivity contribution in [2.24, 2.45) is 0 Å². The Morgan fingerprint density at radius 2 is 2.03 bits per heavy atom. The molecule has 1 amide bonds. The summed E-state index contributed by atoms with van der Waals surface area (Å²) in [5.74, 6) is -0.323. The molecule has 30 heavy (non-hydrogen) atoms. The summed E-state index contributed by atoms with van der Waals surface area (Å²) in [6.45, 7) is 0.157. The molecular formula is C19H19Cl2N3O5S. The number of hydrogen-bond acceptors (Lipinski definition) is 6. The Hall–Kier alpha value is -2.07. The Kier molecular flexibility index (Phi) is 5.80. The first-order chi connectivity index (χ1) is 14.3. The number of ether oxygens (including phenoxy) is 1. The van der Waals surface area contributed by atoms with Crippen LogP contribution < -0.4 is 14.4 Å². The van der Waals surface area contributed by atoms with Crippen LogP contribution in [0.1, 0.15) is 29.6 Å². The van der Waals surface area contributed by atoms with E-state index in [1.165, 1.54) is 30.5 Å². The van der Waals surface area contributed by atoms with Gasteiger partial charge in [0.25, 0.3) is 15.9 Å². The van der Waals surface area contributed by atoms with Crippen LogP contribution in [0.25, 0.3) is 0 Å². The lowest BCUT2D eigenvalue weighted by atomic mass is 10.2. The molecule has 8 nitrogen and oxygen atoms in total. The Morgan fingerprint density at radius 1 is 1.23 bits per heavy atom. The number of sulfonamides is 1. The SMILES string of the molecule is O=C(N[C@@H]1CCC[C@H]1O)c1cnc2c(c1)N(S(=O)(=O)c1ccc(Cl)c(Cl)c1)CCO2. The molecule has 2 aromatic rings. The first kappa shape index (κ1) is 21.2. The molecule has 1 aliphatic carbocycles. The van der Waals surface area contributed by atoms with Gasteiger partial charge in [0.15, 0.2) is 0 Å². The number of rotatable bonds is 4. The fraction of sp³-hybridized carbons (Fsp3) is 0.368. The highest BCUT2D eigenvalue weighted by Gasteiger charge is 2.33. The predicted octanol–water partition coefficient (Wildman–Crippen LogP) is 2.62. The lowest BCUT2D eigenvalue weighted by Crippen LogP contribution is -2.41. The number of aliphatic hydroxyl groups is 1. The van der Waals surface area contributed by atoms with E-state index in [9.17, 15) is 18.3 Å². The standard InChI is InChI=1S/C19H19Cl2N3O5S/c20-13-5-4-12(9-14(13)21)30(27,28)24-6-7-29-19-16(24)8-11(10-22-19)18(26)23-15-2-1-3-17(15)25/h4-5,8-10,15,17,25H,1-3,6-7H2,(H,23,26)/t15-,17-/m1/s1. The number of nitrogens with zero attached hydrogens (tertiary/aromatic N) is 2. The molecule has 2 aliphatic rings. The largest absolute Gasteiger partial charge is 0.474 e. The summed E-state index contributed by atoms with van der Waals surface area (Å²) < 4.78 is 33.1. The van der Waals surface area contributed by atoms with E-state index >= 15 is 0 Å². The zero-order chi connectivity index (χ0) is 21.5. The maximum atomic E-state index is 13.2. The smallest absolute Gasteiger partial charge is 0.264 e. The molecule has 2 N–H and O–H groups in total. The maximum Gasteiger partial charge on any atom is 0.264 e. The van der Waals surface area contributed by atoms with Crippen LogP contribution in [0.3, 0.4) is 0 Å². The van der Waals surface area contributed by atoms with Crippen molar-refractivity contribution in [1.82, 2.24) is 10.3 Å². The molecule has 11 heteroatoms. The van der Waals surface area contributed by atoms with Gasteiger partial charge in [0.05, 0.1) is 39.2 Å². The number of nitrogens with one attached hydrogen (secondary N) is 1. The van der Waals surface area contributed by atoms with Crippen molar-refractivity contribution in [2.45, 2.75) is 36.3 Å². The molecule has 1 aromatic carbocycles. The molecule has 4 rings (SSSR count). The van der Waals surface area contributed by atoms with E-state index in [1.807, 2.05) is 0 Å². The van der Waals surface area contributed by atoms with E-state index < -0.39 is 22.0 Å². The van der Waals surface area contributed by atoms with E-state index in [2.05, 4.69) is 10.3 Å². The fourth-order valence-corrected chi connectivity index (χ4v) is 5.40. The van der Waals surface area contributed by atoms with E-state index in [4.69, 9.17) is 27.9 Å². The van der Waals surface area contributed by atoms with Crippen molar-refractivity contribution in [3.05, 3.63) is 46.1 Å². The van der Waals surface area contributed by atoms with Crippen LogP contribution in [0, 0.1) is 0 Å². The summed E-state index contributed by atoms with van der Waals surface area (Å²) in [4.78, 5) is 16.7. The van der Waals surface area contributed by atoms with Gasteiger partial charge in [-0.25, -0.2) is 13.4 Å². The second-order valence-corrected chi connectivity index (χ2v) is 9.80. The summed E-state index contributed by atoms with van der Waals surface area (Å²) in [5, 5.41) is 13.1. The molecule has 0 radical (unpaired) electrons. The van der Waals surface area contributed by atoms with Crippen molar-refractivity contribution >= 4 is 44.8 Å². The van der Waals surface area contributed by atoms with Crippen molar-refractivity contribution in [3.63, 3.8) is 0 Å². The first-order valence-corrected chi connectivity index (χ1v) is 11.6. The van der Waals surface area contributed by atoms with Gasteiger partial charge in [-0.2, -0.15) is 0 Å². The lowest BCUT2D eigenvalue weighted by molar-refractivity contribution is 0.0872. The molecule has 0 bridgehead atoms. The molecule has 0 saturated heterocycles. The van der Waals surface area contributed by atoms with Gasteiger partial charge in [-0.05, 0) is 43.5 Å². The normalized spacial score (nSPS) is 21.1. The summed E-state index contributed by atoms with van der Waals surface area (Å²) in [7, 11) is -3.99. The number of fused-ring (bicyclic) bond motifs is 1. The van der Waals surface area contributed by atoms with Gasteiger partial charge < -0.3 is 15.2 Å². The molecule has 0 spiro atoms. The number of carbonyl (C=O) groups is 1. The Bertz CT molecular complexity index is 1100. The van der Waals surface area contributed by atoms with Crippen molar-refractivity contribution < 1.29 is 23.1 Å². The fourth-order valence-electron chi connectivity index (χ4n) is 3.58. The monoisotopic (exact) mass is 471 g/mol. The van der Waals surface area contributed by atoms with Gasteiger partial charge in [0, 0.05) is 6.20 Å². The number of pyridine rings is 1. The second-order valence-electron chi connectivity index (χ2n) is 7.13. The second kappa shape index (κ2) is 8.22. The molecule has 2 heterocycles. The summed E-state index contributed by atoms with van der Waals surface area (Å²) in [6.07, 6.45) is 2.89. The topological polar surface area (TPSA) is 109 Å². The minimum atomic E-state index is -3.99. The van der Waals surface area contributed by atoms with Crippen LogP contribution >= 0.6 is 23.2 Å². The number of amides is 1. The minimum Gasteiger partial charge on any atom is -0.474 e. The molecular weight excluding hydrogens is 453 g/mol. The van der Waals surface area contributed by atoms with Crippen molar-refractivity contribution in [1.29, 1.82) is 0 Å². The van der Waals surface area contributed by atoms with Gasteiger partial charge in [-0.15, -0.1) is 0 Å². The van der Waals surface area contributed by atoms with Crippen molar-refractivity contribution in [3.8, 4) is 5.88 Å². The zero-order valence-electron chi connectivity index (χ0n) is 15.7. The third-order valence-corrected chi connectivity index (χ3v) is 7.72. The van der Waals surface area contributed by atoms with Gasteiger partial charge >= 0.3 is 0 Å². The Labute approximate surface area is 183 Å².